The summed E-state index contributed by atoms with van der Waals surface area (Å²) >= 11 is 5.81. The summed E-state index contributed by atoms with van der Waals surface area (Å²) in [4.78, 5) is 23.9. The molecule has 172 valence electrons. The fraction of sp³-hybridized carbons (Fsp3) is 0.400. The fourth-order valence-corrected chi connectivity index (χ4v) is 3.19. The predicted octanol–water partition coefficient (Wildman–Crippen LogP) is 0.107. The smallest absolute Gasteiger partial charge is 0.302 e. The van der Waals surface area contributed by atoms with Crippen LogP contribution in [0.2, 0.25) is 5.15 Å². The van der Waals surface area contributed by atoms with E-state index in [4.69, 9.17) is 32.9 Å². The Morgan fingerprint density at radius 2 is 2.03 bits per heavy atom. The number of aryl methyl sites for hydroxylation is 1. The van der Waals surface area contributed by atoms with Crippen LogP contribution in [-0.4, -0.2) is 64.0 Å². The Balaban J connectivity index is 1.44. The normalized spacial score (nSPS) is 17.6. The molecule has 8 N–H and O–H groups in total. The molecule has 0 saturated carbocycles. The van der Waals surface area contributed by atoms with Crippen molar-refractivity contribution < 1.29 is 19.7 Å². The average Bonchev–Trinajstić information content (AvgIpc) is 3.22. The van der Waals surface area contributed by atoms with E-state index in [0.29, 0.717) is 18.3 Å². The number of nitrogen functional groups attached to an aromatic ring is 2. The van der Waals surface area contributed by atoms with Crippen LogP contribution in [0.1, 0.15) is 28.9 Å². The second kappa shape index (κ2) is 10.9. The first-order chi connectivity index (χ1) is 15.4. The number of halogens is 1. The molecule has 1 saturated heterocycles. The fourth-order valence-electron chi connectivity index (χ4n) is 3.06. The SMILES string of the molecule is Nc1nc(N)c(C(=O)/N=C2/NC[C@@H](CCCc3ccc(OC[C@H](O)CO)cc3)N2)nc1Cl. The van der Waals surface area contributed by atoms with Crippen LogP contribution >= 0.6 is 11.6 Å². The highest BCUT2D eigenvalue weighted by Crippen LogP contribution is 2.18. The minimum Gasteiger partial charge on any atom is -0.491 e. The number of aromatic nitrogens is 2. The van der Waals surface area contributed by atoms with E-state index < -0.39 is 12.0 Å². The summed E-state index contributed by atoms with van der Waals surface area (Å²) in [7, 11) is 0. The van der Waals surface area contributed by atoms with Gasteiger partial charge < -0.3 is 37.1 Å². The first kappa shape index (κ1) is 23.5. The largest absolute Gasteiger partial charge is 0.491 e. The van der Waals surface area contributed by atoms with Crippen molar-refractivity contribution in [3.63, 3.8) is 0 Å². The molecule has 0 unspecified atom stereocenters. The first-order valence-electron chi connectivity index (χ1n) is 10.1. The minimum atomic E-state index is -0.888. The Hall–Kier alpha value is -3.15. The maximum Gasteiger partial charge on any atom is 0.302 e. The predicted molar refractivity (Wildman–Crippen MR) is 121 cm³/mol. The third kappa shape index (κ3) is 6.42. The molecule has 0 radical (unpaired) electrons. The van der Waals surface area contributed by atoms with Crippen LogP contribution in [0.5, 0.6) is 5.75 Å². The van der Waals surface area contributed by atoms with E-state index in [2.05, 4.69) is 25.6 Å². The van der Waals surface area contributed by atoms with Crippen LogP contribution in [0.15, 0.2) is 29.3 Å². The minimum absolute atomic E-state index is 0.0480. The van der Waals surface area contributed by atoms with Crippen molar-refractivity contribution in [2.24, 2.45) is 4.99 Å². The van der Waals surface area contributed by atoms with Crippen LogP contribution < -0.4 is 26.8 Å². The number of rotatable bonds is 9. The summed E-state index contributed by atoms with van der Waals surface area (Å²) in [5.74, 6) is 0.147. The van der Waals surface area contributed by atoms with Gasteiger partial charge >= 0.3 is 5.91 Å². The molecule has 1 aromatic heterocycles. The molecule has 2 atom stereocenters. The highest BCUT2D eigenvalue weighted by molar-refractivity contribution is 6.31. The van der Waals surface area contributed by atoms with E-state index in [-0.39, 0.29) is 41.7 Å². The highest BCUT2D eigenvalue weighted by atomic mass is 35.5. The van der Waals surface area contributed by atoms with Crippen molar-refractivity contribution in [3.8, 4) is 5.75 Å². The van der Waals surface area contributed by atoms with Gasteiger partial charge in [-0.2, -0.15) is 4.99 Å². The summed E-state index contributed by atoms with van der Waals surface area (Å²) in [5.41, 5.74) is 12.2. The van der Waals surface area contributed by atoms with Gasteiger partial charge in [0.1, 0.15) is 18.5 Å². The number of hydrogen-bond donors (Lipinski definition) is 6. The van der Waals surface area contributed by atoms with E-state index in [1.807, 2.05) is 24.3 Å². The molecular formula is C20H26ClN7O4. The van der Waals surface area contributed by atoms with Crippen LogP contribution in [0.3, 0.4) is 0 Å². The number of anilines is 2. The van der Waals surface area contributed by atoms with Gasteiger partial charge in [0.05, 0.1) is 6.61 Å². The molecule has 1 amide bonds. The topological polar surface area (TPSA) is 181 Å². The van der Waals surface area contributed by atoms with Gasteiger partial charge in [0.2, 0.25) is 0 Å². The number of nitrogens with two attached hydrogens (primary N) is 2. The molecular weight excluding hydrogens is 438 g/mol. The number of nitrogens with one attached hydrogen (secondary N) is 2. The van der Waals surface area contributed by atoms with Crippen molar-refractivity contribution >= 4 is 35.1 Å². The number of amides is 1. The number of guanidine groups is 1. The Morgan fingerprint density at radius 3 is 2.75 bits per heavy atom. The van der Waals surface area contributed by atoms with Crippen LogP contribution in [-0.2, 0) is 6.42 Å². The Morgan fingerprint density at radius 1 is 1.28 bits per heavy atom. The lowest BCUT2D eigenvalue weighted by Crippen LogP contribution is -2.29. The maximum absolute atomic E-state index is 12.3. The molecule has 12 heteroatoms. The molecule has 32 heavy (non-hydrogen) atoms. The molecule has 1 aromatic carbocycles. The quantitative estimate of drug-likeness (QED) is 0.298. The Kier molecular flexibility index (Phi) is 8.03. The van der Waals surface area contributed by atoms with Crippen molar-refractivity contribution in [2.45, 2.75) is 31.4 Å². The lowest BCUT2D eigenvalue weighted by molar-refractivity contribution is 0.0536. The molecule has 0 aliphatic carbocycles. The van der Waals surface area contributed by atoms with Gasteiger partial charge in [0.25, 0.3) is 0 Å². The molecule has 1 fully saturated rings. The summed E-state index contributed by atoms with van der Waals surface area (Å²) in [6.45, 7) is 0.351. The standard InChI is InChI=1S/C20H26ClN7O4/c21-16-18(23)27-17(22)15(26-16)19(31)28-20-24-8-12(25-20)3-1-2-11-4-6-14(7-5-11)32-10-13(30)9-29/h4-7,12-13,29-30H,1-3,8-10H2,(H4,22,23,27)(H2,24,25,28,31)/t12-,13-/m1/s1. The van der Waals surface area contributed by atoms with Crippen molar-refractivity contribution in [3.05, 3.63) is 40.7 Å². The van der Waals surface area contributed by atoms with Crippen molar-refractivity contribution in [1.82, 2.24) is 20.6 Å². The zero-order chi connectivity index (χ0) is 23.1. The van der Waals surface area contributed by atoms with Crippen molar-refractivity contribution in [1.29, 1.82) is 0 Å². The monoisotopic (exact) mass is 463 g/mol. The number of ether oxygens (including phenoxy) is 1. The summed E-state index contributed by atoms with van der Waals surface area (Å²) in [6.07, 6.45) is 1.78. The number of hydrogen-bond acceptors (Lipinski definition) is 8. The van der Waals surface area contributed by atoms with Crippen molar-refractivity contribution in [2.75, 3.05) is 31.2 Å². The van der Waals surface area contributed by atoms with Crippen LogP contribution in [0.4, 0.5) is 11.6 Å². The summed E-state index contributed by atoms with van der Waals surface area (Å²) < 4.78 is 5.40. The van der Waals surface area contributed by atoms with Crippen LogP contribution in [0, 0.1) is 0 Å². The van der Waals surface area contributed by atoms with Gasteiger partial charge in [-0.05, 0) is 37.0 Å². The highest BCUT2D eigenvalue weighted by Gasteiger charge is 2.21. The molecule has 2 heterocycles. The van der Waals surface area contributed by atoms with Gasteiger partial charge in [0, 0.05) is 12.6 Å². The van der Waals surface area contributed by atoms with Gasteiger partial charge in [-0.1, -0.05) is 23.7 Å². The van der Waals surface area contributed by atoms with Crippen LogP contribution in [0.25, 0.3) is 0 Å². The van der Waals surface area contributed by atoms with E-state index in [1.165, 1.54) is 0 Å². The lowest BCUT2D eigenvalue weighted by Gasteiger charge is -2.11. The number of benzene rings is 1. The second-order valence-corrected chi connectivity index (χ2v) is 7.66. The summed E-state index contributed by atoms with van der Waals surface area (Å²) in [5, 5.41) is 24.2. The second-order valence-electron chi connectivity index (χ2n) is 7.30. The number of aliphatic hydroxyl groups excluding tert-OH is 2. The molecule has 1 aliphatic rings. The third-order valence-electron chi connectivity index (χ3n) is 4.77. The van der Waals surface area contributed by atoms with Gasteiger partial charge in [-0.15, -0.1) is 0 Å². The Labute approximate surface area is 189 Å². The maximum atomic E-state index is 12.3. The molecule has 3 rings (SSSR count). The molecule has 11 nitrogen and oxygen atoms in total. The van der Waals surface area contributed by atoms with E-state index in [1.54, 1.807) is 0 Å². The van der Waals surface area contributed by atoms with Gasteiger partial charge in [-0.25, -0.2) is 9.97 Å². The van der Waals surface area contributed by atoms with Gasteiger partial charge in [-0.3, -0.25) is 4.79 Å². The number of aliphatic hydroxyl groups is 2. The van der Waals surface area contributed by atoms with E-state index in [0.717, 1.165) is 24.8 Å². The van der Waals surface area contributed by atoms with E-state index >= 15 is 0 Å². The number of carbonyl (C=O) groups is 1. The number of carbonyl (C=O) groups excluding carboxylic acids is 1. The zero-order valence-electron chi connectivity index (χ0n) is 17.3. The van der Waals surface area contributed by atoms with Gasteiger partial charge in [0.15, 0.2) is 28.4 Å². The lowest BCUT2D eigenvalue weighted by atomic mass is 10.1. The van der Waals surface area contributed by atoms with E-state index in [9.17, 15) is 9.90 Å². The average molecular weight is 464 g/mol. The Bertz CT molecular complexity index is 971. The zero-order valence-corrected chi connectivity index (χ0v) is 18.0. The number of aliphatic imine (C=N–C) groups is 1. The first-order valence-corrected chi connectivity index (χ1v) is 10.5. The molecule has 0 spiro atoms. The molecule has 0 bridgehead atoms. The third-order valence-corrected chi connectivity index (χ3v) is 5.05. The molecule has 1 aliphatic heterocycles. The summed E-state index contributed by atoms with van der Waals surface area (Å²) in [6, 6.07) is 7.74. The number of nitrogens with zero attached hydrogens (tertiary/aromatic N) is 3. The molecule has 2 aromatic rings.